The molecule has 0 bridgehead atoms. The van der Waals surface area contributed by atoms with Crippen molar-refractivity contribution in [2.24, 2.45) is 17.6 Å². The van der Waals surface area contributed by atoms with Crippen LogP contribution < -0.4 is 11.1 Å². The molecular formula is C14H20N2O. The number of benzene rings is 1. The summed E-state index contributed by atoms with van der Waals surface area (Å²) in [6.45, 7) is 2.44. The molecule has 1 aliphatic rings. The number of hydrogen-bond donors (Lipinski definition) is 2. The zero-order valence-electron chi connectivity index (χ0n) is 10.2. The Kier molecular flexibility index (Phi) is 3.79. The van der Waals surface area contributed by atoms with Crippen LogP contribution in [0, 0.1) is 11.8 Å². The summed E-state index contributed by atoms with van der Waals surface area (Å²) in [6.07, 6.45) is 2.38. The number of carbonyl (C=O) groups is 1. The Morgan fingerprint density at radius 3 is 2.59 bits per heavy atom. The molecule has 1 saturated carbocycles. The molecule has 3 nitrogen and oxygen atoms in total. The molecule has 1 amide bonds. The van der Waals surface area contributed by atoms with E-state index in [1.165, 1.54) is 12.8 Å². The van der Waals surface area contributed by atoms with Gasteiger partial charge in [-0.25, -0.2) is 0 Å². The molecule has 2 atom stereocenters. The zero-order chi connectivity index (χ0) is 12.3. The fourth-order valence-electron chi connectivity index (χ4n) is 2.08. The van der Waals surface area contributed by atoms with Crippen LogP contribution in [0.15, 0.2) is 30.3 Å². The van der Waals surface area contributed by atoms with E-state index in [-0.39, 0.29) is 17.9 Å². The summed E-state index contributed by atoms with van der Waals surface area (Å²) in [7, 11) is 0. The first-order chi connectivity index (χ1) is 8.22. The summed E-state index contributed by atoms with van der Waals surface area (Å²) in [4.78, 5) is 12.0. The van der Waals surface area contributed by atoms with Crippen molar-refractivity contribution >= 4 is 5.91 Å². The lowest BCUT2D eigenvalue weighted by Gasteiger charge is -2.20. The third-order valence-corrected chi connectivity index (χ3v) is 3.50. The Bertz CT molecular complexity index is 373. The van der Waals surface area contributed by atoms with Gasteiger partial charge in [-0.15, -0.1) is 0 Å². The third-order valence-electron chi connectivity index (χ3n) is 3.50. The molecule has 2 unspecified atom stereocenters. The normalized spacial score (nSPS) is 18.5. The molecule has 1 aliphatic carbocycles. The molecule has 0 heterocycles. The molecule has 0 spiro atoms. The van der Waals surface area contributed by atoms with Crippen molar-refractivity contribution < 1.29 is 4.79 Å². The number of carbonyl (C=O) groups excluding carboxylic acids is 1. The van der Waals surface area contributed by atoms with Gasteiger partial charge in [-0.2, -0.15) is 0 Å². The van der Waals surface area contributed by atoms with Crippen molar-refractivity contribution in [1.29, 1.82) is 0 Å². The second-order valence-electron chi connectivity index (χ2n) is 4.83. The van der Waals surface area contributed by atoms with Gasteiger partial charge < -0.3 is 11.1 Å². The maximum absolute atomic E-state index is 12.0. The van der Waals surface area contributed by atoms with Crippen LogP contribution >= 0.6 is 0 Å². The van der Waals surface area contributed by atoms with E-state index < -0.39 is 0 Å². The highest BCUT2D eigenvalue weighted by atomic mass is 16.1. The summed E-state index contributed by atoms with van der Waals surface area (Å²) in [5.74, 6) is 0.837. The predicted molar refractivity (Wildman–Crippen MR) is 68.3 cm³/mol. The summed E-state index contributed by atoms with van der Waals surface area (Å²) in [5.41, 5.74) is 6.81. The number of nitrogens with one attached hydrogen (secondary N) is 1. The highest BCUT2D eigenvalue weighted by Gasteiger charge is 2.33. The van der Waals surface area contributed by atoms with Gasteiger partial charge in [-0.1, -0.05) is 37.3 Å². The van der Waals surface area contributed by atoms with E-state index in [9.17, 15) is 4.79 Å². The van der Waals surface area contributed by atoms with Crippen LogP contribution in [0.4, 0.5) is 0 Å². The van der Waals surface area contributed by atoms with Gasteiger partial charge in [0.15, 0.2) is 0 Å². The van der Waals surface area contributed by atoms with Crippen LogP contribution in [-0.2, 0) is 4.79 Å². The van der Waals surface area contributed by atoms with Crippen molar-refractivity contribution in [3.63, 3.8) is 0 Å². The lowest BCUT2D eigenvalue weighted by molar-refractivity contribution is -0.125. The van der Waals surface area contributed by atoms with Crippen LogP contribution in [0.1, 0.15) is 31.4 Å². The Labute approximate surface area is 102 Å². The van der Waals surface area contributed by atoms with Crippen LogP contribution in [0.25, 0.3) is 0 Å². The van der Waals surface area contributed by atoms with Crippen molar-refractivity contribution in [3.8, 4) is 0 Å². The third kappa shape index (κ3) is 3.07. The van der Waals surface area contributed by atoms with Crippen molar-refractivity contribution in [1.82, 2.24) is 5.32 Å². The molecule has 1 aromatic rings. The zero-order valence-corrected chi connectivity index (χ0v) is 10.2. The van der Waals surface area contributed by atoms with E-state index in [0.717, 1.165) is 5.56 Å². The molecule has 0 aromatic heterocycles. The minimum absolute atomic E-state index is 0.0649. The van der Waals surface area contributed by atoms with Crippen LogP contribution in [0.5, 0.6) is 0 Å². The van der Waals surface area contributed by atoms with Gasteiger partial charge in [-0.05, 0) is 24.3 Å². The summed E-state index contributed by atoms with van der Waals surface area (Å²) in [5, 5.41) is 3.04. The van der Waals surface area contributed by atoms with E-state index in [4.69, 9.17) is 5.73 Å². The highest BCUT2D eigenvalue weighted by Crippen LogP contribution is 2.36. The maximum atomic E-state index is 12.0. The van der Waals surface area contributed by atoms with Gasteiger partial charge >= 0.3 is 0 Å². The SMILES string of the molecule is CC(C(=O)NC(CN)c1ccccc1)C1CC1. The fourth-order valence-corrected chi connectivity index (χ4v) is 2.08. The van der Waals surface area contributed by atoms with Crippen LogP contribution in [0.3, 0.4) is 0 Å². The Morgan fingerprint density at radius 1 is 1.41 bits per heavy atom. The average Bonchev–Trinajstić information content (AvgIpc) is 3.20. The summed E-state index contributed by atoms with van der Waals surface area (Å²) < 4.78 is 0. The minimum Gasteiger partial charge on any atom is -0.348 e. The highest BCUT2D eigenvalue weighted by molar-refractivity contribution is 5.79. The second kappa shape index (κ2) is 5.32. The van der Waals surface area contributed by atoms with Crippen molar-refractivity contribution in [3.05, 3.63) is 35.9 Å². The molecule has 92 valence electrons. The second-order valence-corrected chi connectivity index (χ2v) is 4.83. The Hall–Kier alpha value is -1.35. The van der Waals surface area contributed by atoms with Gasteiger partial charge in [0.25, 0.3) is 0 Å². The standard InChI is InChI=1S/C14H20N2O/c1-10(11-7-8-11)14(17)16-13(9-15)12-5-3-2-4-6-12/h2-6,10-11,13H,7-9,15H2,1H3,(H,16,17). The molecule has 0 aliphatic heterocycles. The van der Waals surface area contributed by atoms with Crippen LogP contribution in [-0.4, -0.2) is 12.5 Å². The summed E-state index contributed by atoms with van der Waals surface area (Å²) >= 11 is 0. The van der Waals surface area contributed by atoms with Gasteiger partial charge in [0.1, 0.15) is 0 Å². The van der Waals surface area contributed by atoms with Gasteiger partial charge in [0, 0.05) is 12.5 Å². The molecular weight excluding hydrogens is 212 g/mol. The van der Waals surface area contributed by atoms with E-state index >= 15 is 0 Å². The average molecular weight is 232 g/mol. The van der Waals surface area contributed by atoms with E-state index in [1.807, 2.05) is 37.3 Å². The first kappa shape index (κ1) is 12.1. The predicted octanol–water partition coefficient (Wildman–Crippen LogP) is 1.85. The Balaban J connectivity index is 1.97. The first-order valence-corrected chi connectivity index (χ1v) is 6.27. The monoisotopic (exact) mass is 232 g/mol. The lowest BCUT2D eigenvalue weighted by atomic mass is 10.0. The Morgan fingerprint density at radius 2 is 2.06 bits per heavy atom. The van der Waals surface area contributed by atoms with Gasteiger partial charge in [-0.3, -0.25) is 4.79 Å². The van der Waals surface area contributed by atoms with Gasteiger partial charge in [0.2, 0.25) is 5.91 Å². The number of nitrogens with two attached hydrogens (primary N) is 1. The van der Waals surface area contributed by atoms with Crippen molar-refractivity contribution in [2.75, 3.05) is 6.54 Å². The summed E-state index contributed by atoms with van der Waals surface area (Å²) in [6, 6.07) is 9.83. The van der Waals surface area contributed by atoms with Gasteiger partial charge in [0.05, 0.1) is 6.04 Å². The van der Waals surface area contributed by atoms with Crippen LogP contribution in [0.2, 0.25) is 0 Å². The van der Waals surface area contributed by atoms with E-state index in [0.29, 0.717) is 12.5 Å². The van der Waals surface area contributed by atoms with Crippen molar-refractivity contribution in [2.45, 2.75) is 25.8 Å². The number of rotatable bonds is 5. The minimum atomic E-state index is -0.0649. The molecule has 1 aromatic carbocycles. The van der Waals surface area contributed by atoms with E-state index in [1.54, 1.807) is 0 Å². The largest absolute Gasteiger partial charge is 0.348 e. The number of amides is 1. The fraction of sp³-hybridized carbons (Fsp3) is 0.500. The molecule has 0 radical (unpaired) electrons. The van der Waals surface area contributed by atoms with E-state index in [2.05, 4.69) is 5.32 Å². The smallest absolute Gasteiger partial charge is 0.223 e. The molecule has 1 fully saturated rings. The molecule has 3 heteroatoms. The topological polar surface area (TPSA) is 55.1 Å². The quantitative estimate of drug-likeness (QED) is 0.814. The number of hydrogen-bond acceptors (Lipinski definition) is 2. The lowest BCUT2D eigenvalue weighted by Crippen LogP contribution is -2.37. The molecule has 0 saturated heterocycles. The first-order valence-electron chi connectivity index (χ1n) is 6.27. The molecule has 2 rings (SSSR count). The molecule has 3 N–H and O–H groups in total. The molecule has 17 heavy (non-hydrogen) atoms. The maximum Gasteiger partial charge on any atom is 0.223 e.